The zero-order chi connectivity index (χ0) is 10.3. The molecule has 13 heavy (non-hydrogen) atoms. The van der Waals surface area contributed by atoms with Gasteiger partial charge >= 0.3 is 6.03 Å². The molecule has 0 aromatic carbocycles. The number of amides is 2. The van der Waals surface area contributed by atoms with Gasteiger partial charge in [-0.3, -0.25) is 0 Å². The Morgan fingerprint density at radius 2 is 2.23 bits per heavy atom. The molecule has 0 aromatic heterocycles. The zero-order valence-electron chi connectivity index (χ0n) is 8.37. The Balaban J connectivity index is 3.82. The molecule has 0 fully saturated rings. The van der Waals surface area contributed by atoms with Crippen LogP contribution in [0.3, 0.4) is 0 Å². The molecule has 0 unspecified atom stereocenters. The van der Waals surface area contributed by atoms with Crippen LogP contribution < -0.4 is 16.5 Å². The van der Waals surface area contributed by atoms with Crippen molar-refractivity contribution in [2.24, 2.45) is 16.8 Å². The maximum Gasteiger partial charge on any atom is 0.332 e. The van der Waals surface area contributed by atoms with Crippen LogP contribution in [0.15, 0.2) is 5.10 Å². The van der Waals surface area contributed by atoms with Crippen molar-refractivity contribution < 1.29 is 4.79 Å². The molecule has 0 saturated heterocycles. The van der Waals surface area contributed by atoms with E-state index in [2.05, 4.69) is 29.7 Å². The number of hydrazone groups is 1. The van der Waals surface area contributed by atoms with Crippen LogP contribution in [0.1, 0.15) is 20.3 Å². The summed E-state index contributed by atoms with van der Waals surface area (Å²) in [4.78, 5) is 10.3. The lowest BCUT2D eigenvalue weighted by molar-refractivity contribution is 0.249. The zero-order valence-corrected chi connectivity index (χ0v) is 8.37. The van der Waals surface area contributed by atoms with E-state index in [0.717, 1.165) is 6.42 Å². The van der Waals surface area contributed by atoms with Crippen molar-refractivity contribution in [1.29, 1.82) is 0 Å². The molecule has 0 heterocycles. The summed E-state index contributed by atoms with van der Waals surface area (Å²) in [6.07, 6.45) is 2.62. The summed E-state index contributed by atoms with van der Waals surface area (Å²) in [5.74, 6) is 0.581. The van der Waals surface area contributed by atoms with E-state index >= 15 is 0 Å². The fourth-order valence-corrected chi connectivity index (χ4v) is 0.952. The molecule has 0 bridgehead atoms. The van der Waals surface area contributed by atoms with Gasteiger partial charge in [0.2, 0.25) is 0 Å². The van der Waals surface area contributed by atoms with Crippen molar-refractivity contribution in [1.82, 2.24) is 10.7 Å². The van der Waals surface area contributed by atoms with Crippen molar-refractivity contribution in [3.8, 4) is 0 Å². The van der Waals surface area contributed by atoms with E-state index in [9.17, 15) is 4.79 Å². The molecule has 5 nitrogen and oxygen atoms in total. The van der Waals surface area contributed by atoms with Crippen LogP contribution in [0.5, 0.6) is 0 Å². The van der Waals surface area contributed by atoms with E-state index in [-0.39, 0.29) is 6.04 Å². The van der Waals surface area contributed by atoms with Crippen LogP contribution in [0.4, 0.5) is 4.79 Å². The first kappa shape index (κ1) is 11.9. The van der Waals surface area contributed by atoms with Gasteiger partial charge in [0.25, 0.3) is 0 Å². The Bertz CT molecular complexity index is 179. The van der Waals surface area contributed by atoms with Gasteiger partial charge in [0, 0.05) is 12.3 Å². The van der Waals surface area contributed by atoms with Crippen LogP contribution >= 0.6 is 0 Å². The van der Waals surface area contributed by atoms with Gasteiger partial charge in [-0.05, 0) is 19.4 Å². The molecule has 4 N–H and O–H groups in total. The van der Waals surface area contributed by atoms with E-state index in [1.54, 1.807) is 6.21 Å². The third-order valence-electron chi connectivity index (χ3n) is 1.53. The van der Waals surface area contributed by atoms with Crippen molar-refractivity contribution >= 4 is 12.2 Å². The topological polar surface area (TPSA) is 79.5 Å². The van der Waals surface area contributed by atoms with E-state index in [4.69, 9.17) is 5.73 Å². The second kappa shape index (κ2) is 6.42. The second-order valence-electron chi connectivity index (χ2n) is 3.28. The number of carbonyl (C=O) groups excluding carboxylic acids is 1. The summed E-state index contributed by atoms with van der Waals surface area (Å²) in [6, 6.07) is -0.470. The van der Waals surface area contributed by atoms with Crippen LogP contribution in [0.2, 0.25) is 0 Å². The minimum atomic E-state index is -0.643. The molecular formula is C8H18N4O. The third-order valence-corrected chi connectivity index (χ3v) is 1.53. The largest absolute Gasteiger partial charge is 0.350 e. The Morgan fingerprint density at radius 1 is 1.62 bits per heavy atom. The predicted molar refractivity (Wildman–Crippen MR) is 53.5 cm³/mol. The van der Waals surface area contributed by atoms with Gasteiger partial charge in [-0.2, -0.15) is 5.10 Å². The van der Waals surface area contributed by atoms with E-state index in [1.807, 2.05) is 7.05 Å². The second-order valence-corrected chi connectivity index (χ2v) is 3.28. The number of hydrogen-bond acceptors (Lipinski definition) is 3. The SMILES string of the molecule is CN[C@H](/C=N/NC(N)=O)CC(C)C. The molecule has 0 aromatic rings. The standard InChI is InChI=1S/C8H18N4O/c1-6(2)4-7(10-3)5-11-12-8(9)13/h5-7,10H,4H2,1-3H3,(H3,9,12,13)/b11-5+/t7-/m0/s1. The van der Waals surface area contributed by atoms with Crippen LogP contribution in [-0.4, -0.2) is 25.3 Å². The van der Waals surface area contributed by atoms with Gasteiger partial charge in [0.15, 0.2) is 0 Å². The number of nitrogens with zero attached hydrogens (tertiary/aromatic N) is 1. The van der Waals surface area contributed by atoms with E-state index in [0.29, 0.717) is 5.92 Å². The maximum atomic E-state index is 10.3. The maximum absolute atomic E-state index is 10.3. The van der Waals surface area contributed by atoms with Crippen molar-refractivity contribution in [3.05, 3.63) is 0 Å². The fraction of sp³-hybridized carbons (Fsp3) is 0.750. The quantitative estimate of drug-likeness (QED) is 0.426. The van der Waals surface area contributed by atoms with Crippen LogP contribution in [0, 0.1) is 5.92 Å². The van der Waals surface area contributed by atoms with Gasteiger partial charge in [-0.15, -0.1) is 0 Å². The molecule has 2 amide bonds. The number of nitrogens with two attached hydrogens (primary N) is 1. The first-order valence-corrected chi connectivity index (χ1v) is 4.32. The van der Waals surface area contributed by atoms with Crippen molar-refractivity contribution in [3.63, 3.8) is 0 Å². The van der Waals surface area contributed by atoms with Crippen LogP contribution in [0.25, 0.3) is 0 Å². The summed E-state index contributed by atoms with van der Waals surface area (Å²) in [5, 5.41) is 6.75. The number of hydrogen-bond donors (Lipinski definition) is 3. The Kier molecular flexibility index (Phi) is 5.88. The van der Waals surface area contributed by atoms with Crippen LogP contribution in [-0.2, 0) is 0 Å². The molecule has 0 radical (unpaired) electrons. The summed E-state index contributed by atoms with van der Waals surface area (Å²) in [7, 11) is 1.85. The number of rotatable bonds is 5. The van der Waals surface area contributed by atoms with E-state index in [1.165, 1.54) is 0 Å². The Morgan fingerprint density at radius 3 is 2.62 bits per heavy atom. The van der Waals surface area contributed by atoms with Gasteiger partial charge in [0.05, 0.1) is 0 Å². The van der Waals surface area contributed by atoms with Gasteiger partial charge in [-0.25, -0.2) is 10.2 Å². The first-order valence-electron chi connectivity index (χ1n) is 4.32. The fourth-order valence-electron chi connectivity index (χ4n) is 0.952. The molecule has 0 rings (SSSR count). The van der Waals surface area contributed by atoms with Gasteiger partial charge in [-0.1, -0.05) is 13.8 Å². The Labute approximate surface area is 78.8 Å². The third kappa shape index (κ3) is 7.27. The molecular weight excluding hydrogens is 168 g/mol. The molecule has 0 aliphatic carbocycles. The Hall–Kier alpha value is -1.10. The van der Waals surface area contributed by atoms with E-state index < -0.39 is 6.03 Å². The lowest BCUT2D eigenvalue weighted by Gasteiger charge is -2.12. The molecule has 5 heteroatoms. The molecule has 1 atom stereocenters. The highest BCUT2D eigenvalue weighted by Gasteiger charge is 2.04. The minimum Gasteiger partial charge on any atom is -0.350 e. The van der Waals surface area contributed by atoms with Gasteiger partial charge < -0.3 is 11.1 Å². The number of nitrogens with one attached hydrogen (secondary N) is 2. The smallest absolute Gasteiger partial charge is 0.332 e. The average Bonchev–Trinajstić information content (AvgIpc) is 2.01. The number of urea groups is 1. The lowest BCUT2D eigenvalue weighted by atomic mass is 10.1. The molecule has 0 saturated carbocycles. The minimum absolute atomic E-state index is 0.173. The predicted octanol–water partition coefficient (Wildman–Crippen LogP) is 0.275. The van der Waals surface area contributed by atoms with Gasteiger partial charge in [0.1, 0.15) is 0 Å². The monoisotopic (exact) mass is 186 g/mol. The number of carbonyl (C=O) groups is 1. The summed E-state index contributed by atoms with van der Waals surface area (Å²) < 4.78 is 0. The molecule has 0 aliphatic rings. The highest BCUT2D eigenvalue weighted by atomic mass is 16.2. The van der Waals surface area contributed by atoms with Crippen molar-refractivity contribution in [2.75, 3.05) is 7.05 Å². The summed E-state index contributed by atoms with van der Waals surface area (Å²) in [5.41, 5.74) is 6.99. The first-order chi connectivity index (χ1) is 6.06. The molecule has 76 valence electrons. The lowest BCUT2D eigenvalue weighted by Crippen LogP contribution is -2.31. The van der Waals surface area contributed by atoms with Crippen molar-refractivity contribution in [2.45, 2.75) is 26.3 Å². The normalized spacial score (nSPS) is 13.5. The highest BCUT2D eigenvalue weighted by Crippen LogP contribution is 2.01. The molecule has 0 aliphatic heterocycles. The summed E-state index contributed by atoms with van der Waals surface area (Å²) in [6.45, 7) is 4.25. The summed E-state index contributed by atoms with van der Waals surface area (Å²) >= 11 is 0. The molecule has 0 spiro atoms. The number of primary amides is 1. The average molecular weight is 186 g/mol. The highest BCUT2D eigenvalue weighted by molar-refractivity contribution is 5.73.